The van der Waals surface area contributed by atoms with Crippen molar-refractivity contribution in [1.29, 1.82) is 0 Å². The molecule has 0 bridgehead atoms. The highest BCUT2D eigenvalue weighted by atomic mass is 35.5. The molecule has 1 fully saturated rings. The molecule has 2 atom stereocenters. The van der Waals surface area contributed by atoms with Crippen LogP contribution in [-0.4, -0.2) is 72.9 Å². The quantitative estimate of drug-likeness (QED) is 0.421. The van der Waals surface area contributed by atoms with Gasteiger partial charge in [0.1, 0.15) is 6.61 Å². The lowest BCUT2D eigenvalue weighted by molar-refractivity contribution is 0.0753. The van der Waals surface area contributed by atoms with E-state index >= 15 is 0 Å². The molecule has 3 amide bonds. The molecular formula is C25H25ClN4O6S. The third-order valence-corrected chi connectivity index (χ3v) is 6.98. The number of nitrogens with one attached hydrogen (secondary N) is 2. The highest BCUT2D eigenvalue weighted by molar-refractivity contribution is 7.18. The van der Waals surface area contributed by atoms with Crippen molar-refractivity contribution in [1.82, 2.24) is 20.1 Å². The van der Waals surface area contributed by atoms with Gasteiger partial charge in [-0.1, -0.05) is 17.7 Å². The molecule has 2 aromatic heterocycles. The second kappa shape index (κ2) is 12.0. The van der Waals surface area contributed by atoms with Crippen molar-refractivity contribution in [3.63, 3.8) is 0 Å². The molecule has 1 aliphatic rings. The van der Waals surface area contributed by atoms with Crippen molar-refractivity contribution in [3.05, 3.63) is 85.9 Å². The van der Waals surface area contributed by atoms with E-state index in [1.807, 2.05) is 0 Å². The lowest BCUT2D eigenvalue weighted by Gasteiger charge is -2.20. The maximum atomic E-state index is 13.0. The summed E-state index contributed by atoms with van der Waals surface area (Å²) < 4.78 is 12.1. The Morgan fingerprint density at radius 3 is 2.30 bits per heavy atom. The van der Waals surface area contributed by atoms with Crippen LogP contribution in [0.4, 0.5) is 4.79 Å². The first-order valence-electron chi connectivity index (χ1n) is 11.4. The Hall–Kier alpha value is -3.67. The van der Waals surface area contributed by atoms with Crippen LogP contribution >= 0.6 is 22.9 Å². The van der Waals surface area contributed by atoms with Crippen LogP contribution in [0.25, 0.3) is 5.69 Å². The maximum absolute atomic E-state index is 13.0. The molecule has 194 valence electrons. The van der Waals surface area contributed by atoms with E-state index < -0.39 is 18.2 Å². The van der Waals surface area contributed by atoms with Gasteiger partial charge in [0, 0.05) is 43.7 Å². The number of likely N-dealkylation sites (tertiary alicyclic amines) is 1. The normalized spacial score (nSPS) is 16.9. The van der Waals surface area contributed by atoms with Gasteiger partial charge in [-0.05, 0) is 42.5 Å². The van der Waals surface area contributed by atoms with Crippen LogP contribution in [0.15, 0.2) is 65.6 Å². The number of nitrogens with zero attached hydrogens (tertiary/aromatic N) is 2. The second-order valence-corrected chi connectivity index (χ2v) is 9.95. The van der Waals surface area contributed by atoms with E-state index in [1.54, 1.807) is 54.7 Å². The molecule has 0 radical (unpaired) electrons. The standard InChI is InChI=1S/C25H25ClN4O6S/c1-35-12-13-36-25(34)29-14-18(19(15-29)28-24(33)20-9-10-21(26)37-20)27-23(32)16-5-7-17(8-6-16)30-11-3-2-4-22(30)31/h2-11,18-19H,12-15H2,1H3,(H,27,32)(H,28,33)/t18-,19+/m0/s1. The van der Waals surface area contributed by atoms with Crippen LogP contribution < -0.4 is 16.2 Å². The Kier molecular flexibility index (Phi) is 8.59. The van der Waals surface area contributed by atoms with E-state index in [9.17, 15) is 19.2 Å². The van der Waals surface area contributed by atoms with E-state index in [4.69, 9.17) is 21.1 Å². The zero-order valence-electron chi connectivity index (χ0n) is 19.9. The number of benzene rings is 1. The number of pyridine rings is 1. The minimum Gasteiger partial charge on any atom is -0.447 e. The first kappa shape index (κ1) is 26.4. The Balaban J connectivity index is 1.46. The number of amides is 3. The zero-order chi connectivity index (χ0) is 26.4. The molecular weight excluding hydrogens is 520 g/mol. The third kappa shape index (κ3) is 6.56. The molecule has 4 rings (SSSR count). The number of halogens is 1. The smallest absolute Gasteiger partial charge is 0.409 e. The van der Waals surface area contributed by atoms with E-state index in [0.717, 1.165) is 11.3 Å². The van der Waals surface area contributed by atoms with Gasteiger partial charge in [0.25, 0.3) is 17.4 Å². The number of hydrogen-bond donors (Lipinski definition) is 2. The van der Waals surface area contributed by atoms with Crippen molar-refractivity contribution in [3.8, 4) is 5.69 Å². The molecule has 1 saturated heterocycles. The Bertz CT molecular complexity index is 1320. The van der Waals surface area contributed by atoms with E-state index in [0.29, 0.717) is 20.5 Å². The monoisotopic (exact) mass is 544 g/mol. The number of hydrogen-bond acceptors (Lipinski definition) is 7. The molecule has 0 unspecified atom stereocenters. The Labute approximate surface area is 221 Å². The summed E-state index contributed by atoms with van der Waals surface area (Å²) in [6, 6.07) is 13.5. The highest BCUT2D eigenvalue weighted by Gasteiger charge is 2.38. The van der Waals surface area contributed by atoms with Crippen molar-refractivity contribution in [2.75, 3.05) is 33.4 Å². The molecule has 37 heavy (non-hydrogen) atoms. The lowest BCUT2D eigenvalue weighted by Crippen LogP contribution is -2.50. The summed E-state index contributed by atoms with van der Waals surface area (Å²) in [4.78, 5) is 52.2. The summed E-state index contributed by atoms with van der Waals surface area (Å²) in [5.41, 5.74) is 0.797. The lowest BCUT2D eigenvalue weighted by atomic mass is 10.1. The third-order valence-electron chi connectivity index (χ3n) is 5.75. The molecule has 0 saturated carbocycles. The van der Waals surface area contributed by atoms with Gasteiger partial charge in [0.05, 0.1) is 27.9 Å². The minimum atomic E-state index is -0.571. The number of methoxy groups -OCH3 is 1. The first-order valence-corrected chi connectivity index (χ1v) is 12.6. The molecule has 10 nitrogen and oxygen atoms in total. The van der Waals surface area contributed by atoms with Crippen molar-refractivity contribution >= 4 is 40.8 Å². The Morgan fingerprint density at radius 1 is 0.973 bits per heavy atom. The van der Waals surface area contributed by atoms with Crippen LogP contribution in [0.3, 0.4) is 0 Å². The molecule has 1 aromatic carbocycles. The summed E-state index contributed by atoms with van der Waals surface area (Å²) in [6.45, 7) is 0.636. The van der Waals surface area contributed by atoms with Crippen LogP contribution in [0.2, 0.25) is 4.34 Å². The summed E-state index contributed by atoms with van der Waals surface area (Å²) in [7, 11) is 1.50. The van der Waals surface area contributed by atoms with E-state index in [1.165, 1.54) is 22.6 Å². The maximum Gasteiger partial charge on any atom is 0.409 e. The number of thiophene rings is 1. The van der Waals surface area contributed by atoms with Gasteiger partial charge in [0.2, 0.25) is 0 Å². The molecule has 1 aliphatic heterocycles. The molecule has 0 aliphatic carbocycles. The summed E-state index contributed by atoms with van der Waals surface area (Å²) in [5.74, 6) is -0.738. The molecule has 0 spiro atoms. The van der Waals surface area contributed by atoms with Gasteiger partial charge in [-0.2, -0.15) is 0 Å². The fourth-order valence-electron chi connectivity index (χ4n) is 3.89. The van der Waals surface area contributed by atoms with E-state index in [2.05, 4.69) is 10.6 Å². The Morgan fingerprint density at radius 2 is 1.68 bits per heavy atom. The molecule has 2 N–H and O–H groups in total. The number of ether oxygens (including phenoxy) is 2. The van der Waals surface area contributed by atoms with Crippen LogP contribution in [0.1, 0.15) is 20.0 Å². The average Bonchev–Trinajstić information content (AvgIpc) is 3.51. The van der Waals surface area contributed by atoms with Crippen molar-refractivity contribution in [2.24, 2.45) is 0 Å². The van der Waals surface area contributed by atoms with Crippen molar-refractivity contribution in [2.45, 2.75) is 12.1 Å². The van der Waals surface area contributed by atoms with Crippen LogP contribution in [0.5, 0.6) is 0 Å². The number of carbonyl (C=O) groups is 3. The number of carbonyl (C=O) groups excluding carboxylic acids is 3. The summed E-state index contributed by atoms with van der Waals surface area (Å²) >= 11 is 7.09. The number of aromatic nitrogens is 1. The van der Waals surface area contributed by atoms with Gasteiger partial charge in [-0.25, -0.2) is 4.79 Å². The second-order valence-electron chi connectivity index (χ2n) is 8.23. The van der Waals surface area contributed by atoms with Crippen LogP contribution in [-0.2, 0) is 9.47 Å². The minimum absolute atomic E-state index is 0.0877. The largest absolute Gasteiger partial charge is 0.447 e. The van der Waals surface area contributed by atoms with Gasteiger partial charge < -0.3 is 25.0 Å². The van der Waals surface area contributed by atoms with Gasteiger partial charge in [0.15, 0.2) is 0 Å². The van der Waals surface area contributed by atoms with Crippen molar-refractivity contribution < 1.29 is 23.9 Å². The predicted octanol–water partition coefficient (Wildman–Crippen LogP) is 2.55. The summed E-state index contributed by atoms with van der Waals surface area (Å²) in [6.07, 6.45) is 1.08. The number of rotatable bonds is 8. The fourth-order valence-corrected chi connectivity index (χ4v) is 4.84. The summed E-state index contributed by atoms with van der Waals surface area (Å²) in [5, 5.41) is 5.80. The average molecular weight is 545 g/mol. The predicted molar refractivity (Wildman–Crippen MR) is 139 cm³/mol. The van der Waals surface area contributed by atoms with Gasteiger partial charge >= 0.3 is 6.09 Å². The SMILES string of the molecule is COCCOC(=O)N1C[C@H](NC(=O)c2ccc(-n3ccccc3=O)cc2)[C@H](NC(=O)c2ccc(Cl)s2)C1. The van der Waals surface area contributed by atoms with E-state index in [-0.39, 0.29) is 43.7 Å². The fraction of sp³-hybridized carbons (Fsp3) is 0.280. The topological polar surface area (TPSA) is 119 Å². The van der Waals surface area contributed by atoms with Gasteiger partial charge in [-0.3, -0.25) is 19.0 Å². The first-order chi connectivity index (χ1) is 17.9. The van der Waals surface area contributed by atoms with Crippen LogP contribution in [0, 0.1) is 0 Å². The molecule has 3 aromatic rings. The zero-order valence-corrected chi connectivity index (χ0v) is 21.5. The molecule has 12 heteroatoms. The van der Waals surface area contributed by atoms with Gasteiger partial charge in [-0.15, -0.1) is 11.3 Å². The highest BCUT2D eigenvalue weighted by Crippen LogP contribution is 2.22. The molecule has 3 heterocycles.